The summed E-state index contributed by atoms with van der Waals surface area (Å²) in [7, 11) is 1.34. The van der Waals surface area contributed by atoms with Crippen molar-refractivity contribution in [2.75, 3.05) is 7.11 Å². The Morgan fingerprint density at radius 2 is 2.50 bits per heavy atom. The maximum absolute atomic E-state index is 12.9. The minimum absolute atomic E-state index is 0.0513. The fraction of sp³-hybridized carbons (Fsp3) is 0.250. The fourth-order valence-electron chi connectivity index (χ4n) is 0.823. The smallest absolute Gasteiger partial charge is 0.250 e. The first-order chi connectivity index (χ1) is 5.77. The maximum atomic E-state index is 12.9. The van der Waals surface area contributed by atoms with Gasteiger partial charge in [-0.05, 0) is 11.6 Å². The Bertz CT molecular complexity index is 288. The van der Waals surface area contributed by atoms with Crippen LogP contribution in [0.2, 0.25) is 0 Å². The van der Waals surface area contributed by atoms with Crippen LogP contribution in [0.25, 0.3) is 0 Å². The van der Waals surface area contributed by atoms with E-state index in [9.17, 15) is 9.18 Å². The molecule has 0 N–H and O–H groups in total. The number of ether oxygens (including phenoxy) is 1. The van der Waals surface area contributed by atoms with Crippen molar-refractivity contribution >= 4 is 6.29 Å². The van der Waals surface area contributed by atoms with Gasteiger partial charge in [-0.25, -0.2) is 9.37 Å². The molecule has 0 saturated heterocycles. The Morgan fingerprint density at radius 3 is 3.00 bits per heavy atom. The average Bonchev–Trinajstić information content (AvgIpc) is 2.05. The second-order valence-corrected chi connectivity index (χ2v) is 2.21. The number of carbonyl (C=O) groups excluding carboxylic acids is 1. The summed E-state index contributed by atoms with van der Waals surface area (Å²) in [5, 5.41) is 0. The molecule has 1 aromatic heterocycles. The van der Waals surface area contributed by atoms with Crippen molar-refractivity contribution in [2.45, 2.75) is 6.42 Å². The lowest BCUT2D eigenvalue weighted by Crippen LogP contribution is -1.95. The molecule has 1 aromatic rings. The lowest BCUT2D eigenvalue weighted by Gasteiger charge is -2.00. The normalized spacial score (nSPS) is 9.50. The summed E-state index contributed by atoms with van der Waals surface area (Å²) >= 11 is 0. The molecule has 12 heavy (non-hydrogen) atoms. The first-order valence-corrected chi connectivity index (χ1v) is 3.40. The number of hydrogen-bond donors (Lipinski definition) is 0. The lowest BCUT2D eigenvalue weighted by molar-refractivity contribution is -0.107. The van der Waals surface area contributed by atoms with Gasteiger partial charge in [0, 0.05) is 12.6 Å². The highest BCUT2D eigenvalue weighted by molar-refractivity contribution is 5.54. The Labute approximate surface area is 69.2 Å². The number of aldehydes is 1. The number of pyridine rings is 1. The van der Waals surface area contributed by atoms with Crippen LogP contribution in [0.1, 0.15) is 5.56 Å². The van der Waals surface area contributed by atoms with Crippen molar-refractivity contribution in [3.8, 4) is 5.88 Å². The third-order valence-corrected chi connectivity index (χ3v) is 1.38. The molecular formula is C8H8FNO2. The van der Waals surface area contributed by atoms with Crippen molar-refractivity contribution in [3.63, 3.8) is 0 Å². The summed E-state index contributed by atoms with van der Waals surface area (Å²) in [6, 6.07) is 1.24. The van der Waals surface area contributed by atoms with E-state index >= 15 is 0 Å². The molecule has 1 heterocycles. The molecule has 0 unspecified atom stereocenters. The third-order valence-electron chi connectivity index (χ3n) is 1.38. The molecule has 0 amide bonds. The molecule has 0 bridgehead atoms. The van der Waals surface area contributed by atoms with E-state index in [0.717, 1.165) is 0 Å². The Kier molecular flexibility index (Phi) is 2.74. The van der Waals surface area contributed by atoms with Crippen LogP contribution < -0.4 is 4.74 Å². The highest BCUT2D eigenvalue weighted by Crippen LogP contribution is 2.13. The van der Waals surface area contributed by atoms with Gasteiger partial charge in [-0.1, -0.05) is 0 Å². The van der Waals surface area contributed by atoms with E-state index in [-0.39, 0.29) is 12.3 Å². The van der Waals surface area contributed by atoms with E-state index in [1.165, 1.54) is 19.4 Å². The van der Waals surface area contributed by atoms with Gasteiger partial charge in [-0.15, -0.1) is 0 Å². The topological polar surface area (TPSA) is 39.2 Å². The first-order valence-electron chi connectivity index (χ1n) is 3.40. The SMILES string of the molecule is COc1ncc(CC=O)cc1F. The van der Waals surface area contributed by atoms with Crippen molar-refractivity contribution in [1.29, 1.82) is 0 Å². The Morgan fingerprint density at radius 1 is 1.75 bits per heavy atom. The van der Waals surface area contributed by atoms with Crippen LogP contribution in [-0.4, -0.2) is 18.4 Å². The molecule has 0 saturated carbocycles. The van der Waals surface area contributed by atoms with Gasteiger partial charge in [0.1, 0.15) is 6.29 Å². The maximum Gasteiger partial charge on any atom is 0.250 e. The fourth-order valence-corrected chi connectivity index (χ4v) is 0.823. The number of rotatable bonds is 3. The molecule has 0 aliphatic heterocycles. The van der Waals surface area contributed by atoms with E-state index in [2.05, 4.69) is 9.72 Å². The van der Waals surface area contributed by atoms with E-state index in [4.69, 9.17) is 0 Å². The largest absolute Gasteiger partial charge is 0.479 e. The number of carbonyl (C=O) groups is 1. The number of halogens is 1. The van der Waals surface area contributed by atoms with Crippen LogP contribution in [-0.2, 0) is 11.2 Å². The van der Waals surface area contributed by atoms with E-state index in [0.29, 0.717) is 11.8 Å². The first kappa shape index (κ1) is 8.64. The van der Waals surface area contributed by atoms with Crippen LogP contribution in [0.5, 0.6) is 5.88 Å². The van der Waals surface area contributed by atoms with Crippen molar-refractivity contribution in [3.05, 3.63) is 23.6 Å². The highest BCUT2D eigenvalue weighted by Gasteiger charge is 2.03. The summed E-state index contributed by atoms with van der Waals surface area (Å²) in [4.78, 5) is 13.7. The minimum Gasteiger partial charge on any atom is -0.479 e. The van der Waals surface area contributed by atoms with Crippen molar-refractivity contribution < 1.29 is 13.9 Å². The third kappa shape index (κ3) is 1.78. The van der Waals surface area contributed by atoms with Crippen molar-refractivity contribution in [2.24, 2.45) is 0 Å². The van der Waals surface area contributed by atoms with Gasteiger partial charge in [0.25, 0.3) is 0 Å². The molecule has 0 fully saturated rings. The Hall–Kier alpha value is -1.45. The highest BCUT2D eigenvalue weighted by atomic mass is 19.1. The molecule has 0 aliphatic rings. The molecule has 0 atom stereocenters. The van der Waals surface area contributed by atoms with Gasteiger partial charge >= 0.3 is 0 Å². The van der Waals surface area contributed by atoms with Crippen LogP contribution in [0, 0.1) is 5.82 Å². The van der Waals surface area contributed by atoms with Gasteiger partial charge in [0.2, 0.25) is 5.88 Å². The second-order valence-electron chi connectivity index (χ2n) is 2.21. The molecular weight excluding hydrogens is 161 g/mol. The molecule has 0 aromatic carbocycles. The van der Waals surface area contributed by atoms with Gasteiger partial charge in [-0.2, -0.15) is 0 Å². The molecule has 0 aliphatic carbocycles. The zero-order chi connectivity index (χ0) is 8.97. The van der Waals surface area contributed by atoms with E-state index < -0.39 is 5.82 Å². The zero-order valence-electron chi connectivity index (χ0n) is 6.58. The summed E-state index contributed by atoms with van der Waals surface area (Å²) in [5.41, 5.74) is 0.545. The van der Waals surface area contributed by atoms with Gasteiger partial charge in [0.15, 0.2) is 5.82 Å². The lowest BCUT2D eigenvalue weighted by atomic mass is 10.2. The van der Waals surface area contributed by atoms with Crippen LogP contribution in [0.4, 0.5) is 4.39 Å². The number of hydrogen-bond acceptors (Lipinski definition) is 3. The van der Waals surface area contributed by atoms with Gasteiger partial charge in [0.05, 0.1) is 7.11 Å². The second kappa shape index (κ2) is 3.80. The van der Waals surface area contributed by atoms with Crippen molar-refractivity contribution in [1.82, 2.24) is 4.98 Å². The van der Waals surface area contributed by atoms with Crippen LogP contribution in [0.15, 0.2) is 12.3 Å². The van der Waals surface area contributed by atoms with E-state index in [1.807, 2.05) is 0 Å². The number of methoxy groups -OCH3 is 1. The standard InChI is InChI=1S/C8H8FNO2/c1-12-8-7(9)4-6(2-3-11)5-10-8/h3-5H,2H2,1H3. The molecule has 64 valence electrons. The van der Waals surface area contributed by atoms with Gasteiger partial charge < -0.3 is 9.53 Å². The van der Waals surface area contributed by atoms with Crippen LogP contribution >= 0.6 is 0 Å². The van der Waals surface area contributed by atoms with Gasteiger partial charge in [-0.3, -0.25) is 0 Å². The number of aromatic nitrogens is 1. The Balaban J connectivity index is 2.93. The van der Waals surface area contributed by atoms with Crippen LogP contribution in [0.3, 0.4) is 0 Å². The number of nitrogens with zero attached hydrogens (tertiary/aromatic N) is 1. The molecule has 4 heteroatoms. The summed E-state index contributed by atoms with van der Waals surface area (Å²) in [6.45, 7) is 0. The predicted molar refractivity (Wildman–Crippen MR) is 40.5 cm³/mol. The van der Waals surface area contributed by atoms with E-state index in [1.54, 1.807) is 0 Å². The molecule has 3 nitrogen and oxygen atoms in total. The quantitative estimate of drug-likeness (QED) is 0.633. The molecule has 1 rings (SSSR count). The molecule has 0 spiro atoms. The average molecular weight is 169 g/mol. The summed E-state index contributed by atoms with van der Waals surface area (Å²) < 4.78 is 17.5. The predicted octanol–water partition coefficient (Wildman–Crippen LogP) is 0.971. The molecule has 0 radical (unpaired) electrons. The summed E-state index contributed by atoms with van der Waals surface area (Å²) in [6.07, 6.45) is 2.28. The summed E-state index contributed by atoms with van der Waals surface area (Å²) in [5.74, 6) is -0.596. The zero-order valence-corrected chi connectivity index (χ0v) is 6.58. The minimum atomic E-state index is -0.545. The monoisotopic (exact) mass is 169 g/mol.